The lowest BCUT2D eigenvalue weighted by Gasteiger charge is -2.08. The van der Waals surface area contributed by atoms with Crippen LogP contribution in [0.5, 0.6) is 0 Å². The van der Waals surface area contributed by atoms with Gasteiger partial charge in [0.05, 0.1) is 18.2 Å². The number of Topliss-reactive ketones (excluding diaryl/α,β-unsaturated/α-hetero) is 1. The van der Waals surface area contributed by atoms with Gasteiger partial charge in [-0.15, -0.1) is 0 Å². The highest BCUT2D eigenvalue weighted by molar-refractivity contribution is 6.17. The van der Waals surface area contributed by atoms with Crippen molar-refractivity contribution in [3.05, 3.63) is 11.8 Å². The third-order valence-electron chi connectivity index (χ3n) is 1.53. The second-order valence-electron chi connectivity index (χ2n) is 2.31. The van der Waals surface area contributed by atoms with E-state index in [0.29, 0.717) is 11.4 Å². The Morgan fingerprint density at radius 3 is 3.09 bits per heavy atom. The molecule has 5 heteroatoms. The Kier molecular flexibility index (Phi) is 1.06. The van der Waals surface area contributed by atoms with Crippen LogP contribution in [0.2, 0.25) is 0 Å². The van der Waals surface area contributed by atoms with Crippen LogP contribution in [-0.4, -0.2) is 21.9 Å². The molecular weight excluding hydrogens is 146 g/mol. The summed E-state index contributed by atoms with van der Waals surface area (Å²) in [6, 6.07) is 0. The summed E-state index contributed by atoms with van der Waals surface area (Å²) in [6.07, 6.45) is 1.34. The molecule has 11 heavy (non-hydrogen) atoms. The molecular formula is C6H5N3O2. The lowest BCUT2D eigenvalue weighted by molar-refractivity contribution is -0.115. The molecule has 56 valence electrons. The first kappa shape index (κ1) is 6.09. The number of H-pyrrole nitrogens is 1. The highest BCUT2D eigenvalue weighted by atomic mass is 16.2. The van der Waals surface area contributed by atoms with Gasteiger partial charge in [0, 0.05) is 0 Å². The van der Waals surface area contributed by atoms with Gasteiger partial charge in [0.1, 0.15) is 5.82 Å². The molecule has 1 amide bonds. The number of carbonyl (C=O) groups excluding carboxylic acids is 2. The number of aromatic nitrogens is 2. The van der Waals surface area contributed by atoms with E-state index in [-0.39, 0.29) is 18.1 Å². The average molecular weight is 151 g/mol. The van der Waals surface area contributed by atoms with Gasteiger partial charge in [-0.3, -0.25) is 14.7 Å². The molecule has 0 bridgehead atoms. The molecule has 0 aliphatic carbocycles. The minimum absolute atomic E-state index is 0.0769. The fourth-order valence-electron chi connectivity index (χ4n) is 1.02. The van der Waals surface area contributed by atoms with E-state index < -0.39 is 0 Å². The summed E-state index contributed by atoms with van der Waals surface area (Å²) in [5, 5.41) is 8.64. The van der Waals surface area contributed by atoms with Crippen molar-refractivity contribution < 1.29 is 9.59 Å². The van der Waals surface area contributed by atoms with E-state index in [1.54, 1.807) is 0 Å². The molecule has 5 nitrogen and oxygen atoms in total. The molecule has 1 aliphatic heterocycles. The van der Waals surface area contributed by atoms with Crippen LogP contribution >= 0.6 is 0 Å². The van der Waals surface area contributed by atoms with Gasteiger partial charge in [-0.25, -0.2) is 0 Å². The summed E-state index contributed by atoms with van der Waals surface area (Å²) >= 11 is 0. The van der Waals surface area contributed by atoms with E-state index in [1.807, 2.05) is 0 Å². The Morgan fingerprint density at radius 2 is 2.27 bits per heavy atom. The van der Waals surface area contributed by atoms with Gasteiger partial charge in [0.2, 0.25) is 5.91 Å². The standard InChI is InChI=1S/C6H5N3O2/c10-4-1-5(11)8-6-3(4)2-7-9-6/h2H,1H2,(H2,7,8,9,11). The third kappa shape index (κ3) is 0.813. The molecule has 0 atom stereocenters. The fraction of sp³-hybridized carbons (Fsp3) is 0.167. The van der Waals surface area contributed by atoms with Crippen molar-refractivity contribution in [2.75, 3.05) is 5.32 Å². The van der Waals surface area contributed by atoms with Crippen LogP contribution in [0.25, 0.3) is 0 Å². The van der Waals surface area contributed by atoms with E-state index in [0.717, 1.165) is 0 Å². The lowest BCUT2D eigenvalue weighted by atomic mass is 10.1. The van der Waals surface area contributed by atoms with Gasteiger partial charge in [0.15, 0.2) is 5.78 Å². The third-order valence-corrected chi connectivity index (χ3v) is 1.53. The largest absolute Gasteiger partial charge is 0.310 e. The Hall–Kier alpha value is -1.65. The molecule has 2 heterocycles. The summed E-state index contributed by atoms with van der Waals surface area (Å²) in [5.41, 5.74) is 0.463. The highest BCUT2D eigenvalue weighted by Gasteiger charge is 2.23. The van der Waals surface area contributed by atoms with E-state index >= 15 is 0 Å². The maximum Gasteiger partial charge on any atom is 0.233 e. The number of ketones is 1. The van der Waals surface area contributed by atoms with Crippen molar-refractivity contribution in [2.45, 2.75) is 6.42 Å². The van der Waals surface area contributed by atoms with Crippen molar-refractivity contribution in [3.63, 3.8) is 0 Å². The second kappa shape index (κ2) is 1.91. The lowest BCUT2D eigenvalue weighted by Crippen LogP contribution is -2.23. The fourth-order valence-corrected chi connectivity index (χ4v) is 1.02. The molecule has 1 aliphatic rings. The van der Waals surface area contributed by atoms with Gasteiger partial charge < -0.3 is 5.32 Å². The van der Waals surface area contributed by atoms with E-state index in [2.05, 4.69) is 15.5 Å². The maximum absolute atomic E-state index is 11.0. The number of aromatic amines is 1. The smallest absolute Gasteiger partial charge is 0.233 e. The number of amides is 1. The molecule has 2 N–H and O–H groups in total. The summed E-state index contributed by atoms with van der Waals surface area (Å²) in [7, 11) is 0. The minimum atomic E-state index is -0.285. The number of carbonyl (C=O) groups is 2. The average Bonchev–Trinajstić information content (AvgIpc) is 2.34. The van der Waals surface area contributed by atoms with E-state index in [9.17, 15) is 9.59 Å². The molecule has 0 unspecified atom stereocenters. The first-order valence-corrected chi connectivity index (χ1v) is 3.14. The van der Waals surface area contributed by atoms with Crippen LogP contribution in [0.15, 0.2) is 6.20 Å². The maximum atomic E-state index is 11.0. The number of hydrogen-bond acceptors (Lipinski definition) is 3. The SMILES string of the molecule is O=C1CC(=O)c2cn[nH]c2N1. The molecule has 0 spiro atoms. The van der Waals surface area contributed by atoms with Crippen molar-refractivity contribution in [3.8, 4) is 0 Å². The summed E-state index contributed by atoms with van der Waals surface area (Å²) in [4.78, 5) is 21.8. The van der Waals surface area contributed by atoms with Gasteiger partial charge >= 0.3 is 0 Å². The number of nitrogens with one attached hydrogen (secondary N) is 2. The van der Waals surface area contributed by atoms with Crippen molar-refractivity contribution in [1.82, 2.24) is 10.2 Å². The first-order valence-electron chi connectivity index (χ1n) is 3.14. The van der Waals surface area contributed by atoms with Gasteiger partial charge in [0.25, 0.3) is 0 Å². The zero-order valence-corrected chi connectivity index (χ0v) is 5.55. The number of nitrogens with zero attached hydrogens (tertiary/aromatic N) is 1. The van der Waals surface area contributed by atoms with Crippen LogP contribution in [0.1, 0.15) is 16.8 Å². The quantitative estimate of drug-likeness (QED) is 0.510. The Labute approximate surface area is 61.8 Å². The normalized spacial score (nSPS) is 16.0. The van der Waals surface area contributed by atoms with Crippen molar-refractivity contribution in [1.29, 1.82) is 0 Å². The topological polar surface area (TPSA) is 74.8 Å². The molecule has 0 saturated carbocycles. The van der Waals surface area contributed by atoms with Crippen LogP contribution in [0, 0.1) is 0 Å². The van der Waals surface area contributed by atoms with Crippen LogP contribution < -0.4 is 5.32 Å². The molecule has 0 radical (unpaired) electrons. The molecule has 2 rings (SSSR count). The zero-order valence-electron chi connectivity index (χ0n) is 5.55. The molecule has 0 fully saturated rings. The monoisotopic (exact) mass is 151 g/mol. The number of fused-ring (bicyclic) bond motifs is 1. The summed E-state index contributed by atoms with van der Waals surface area (Å²) < 4.78 is 0. The molecule has 0 aromatic carbocycles. The van der Waals surface area contributed by atoms with E-state index in [1.165, 1.54) is 6.20 Å². The predicted molar refractivity (Wildman–Crippen MR) is 36.2 cm³/mol. The van der Waals surface area contributed by atoms with Gasteiger partial charge in [-0.05, 0) is 0 Å². The highest BCUT2D eigenvalue weighted by Crippen LogP contribution is 2.17. The summed E-state index contributed by atoms with van der Waals surface area (Å²) in [5.74, 6) is -0.0597. The Balaban J connectivity index is 2.52. The van der Waals surface area contributed by atoms with Crippen molar-refractivity contribution in [2.24, 2.45) is 0 Å². The zero-order chi connectivity index (χ0) is 7.84. The number of rotatable bonds is 0. The Bertz CT molecular complexity index is 328. The summed E-state index contributed by atoms with van der Waals surface area (Å²) in [6.45, 7) is 0. The second-order valence-corrected chi connectivity index (χ2v) is 2.31. The molecule has 0 saturated heterocycles. The molecule has 1 aromatic heterocycles. The number of anilines is 1. The Morgan fingerprint density at radius 1 is 1.45 bits per heavy atom. The number of hydrogen-bond donors (Lipinski definition) is 2. The predicted octanol–water partition coefficient (Wildman–Crippen LogP) is -0.0654. The van der Waals surface area contributed by atoms with Crippen LogP contribution in [-0.2, 0) is 4.79 Å². The van der Waals surface area contributed by atoms with Crippen molar-refractivity contribution >= 4 is 17.5 Å². The van der Waals surface area contributed by atoms with Gasteiger partial charge in [-0.2, -0.15) is 5.10 Å². The van der Waals surface area contributed by atoms with Crippen LogP contribution in [0.3, 0.4) is 0 Å². The first-order chi connectivity index (χ1) is 5.27. The molecule has 1 aromatic rings. The van der Waals surface area contributed by atoms with Crippen LogP contribution in [0.4, 0.5) is 5.82 Å². The minimum Gasteiger partial charge on any atom is -0.310 e. The van der Waals surface area contributed by atoms with Gasteiger partial charge in [-0.1, -0.05) is 0 Å². The van der Waals surface area contributed by atoms with E-state index in [4.69, 9.17) is 0 Å².